The Labute approximate surface area is 82.9 Å². The second kappa shape index (κ2) is 4.26. The molecule has 0 aliphatic rings. The summed E-state index contributed by atoms with van der Waals surface area (Å²) in [5.41, 5.74) is 0.241. The minimum atomic E-state index is 0.178. The third-order valence-corrected chi connectivity index (χ3v) is 4.05. The Balaban J connectivity index is 4.58. The van der Waals surface area contributed by atoms with Crippen LogP contribution < -0.4 is 0 Å². The Morgan fingerprint density at radius 3 is 1.69 bits per heavy atom. The number of Topliss-reactive ketones (excluding diaryl/α,β-unsaturated/α-hetero) is 1. The van der Waals surface area contributed by atoms with Gasteiger partial charge in [-0.15, -0.1) is 0 Å². The van der Waals surface area contributed by atoms with E-state index < -0.39 is 0 Å². The summed E-state index contributed by atoms with van der Waals surface area (Å²) >= 11 is 0. The molecule has 0 amide bonds. The number of hydrogen-bond acceptors (Lipinski definition) is 1. The molecule has 0 rings (SSSR count). The summed E-state index contributed by atoms with van der Waals surface area (Å²) in [6.07, 6.45) is 0. The van der Waals surface area contributed by atoms with Crippen LogP contribution in [0.15, 0.2) is 0 Å². The lowest BCUT2D eigenvalue weighted by Gasteiger charge is -2.38. The van der Waals surface area contributed by atoms with Gasteiger partial charge in [-0.05, 0) is 24.2 Å². The Morgan fingerprint density at radius 1 is 1.08 bits per heavy atom. The maximum absolute atomic E-state index is 11.3. The van der Waals surface area contributed by atoms with Crippen molar-refractivity contribution in [2.24, 2.45) is 23.2 Å². The van der Waals surface area contributed by atoms with E-state index in [1.165, 1.54) is 0 Å². The van der Waals surface area contributed by atoms with Crippen LogP contribution in [0.3, 0.4) is 0 Å². The lowest BCUT2D eigenvalue weighted by atomic mass is 9.66. The molecule has 0 saturated heterocycles. The van der Waals surface area contributed by atoms with Crippen molar-refractivity contribution in [2.75, 3.05) is 0 Å². The standard InChI is InChI=1S/C12H24O/c1-8(2)12(6,7)10(4)9(3)11(5)13/h8-10H,1-7H3/t9-,10?/m0/s1. The summed E-state index contributed by atoms with van der Waals surface area (Å²) in [6.45, 7) is 14.9. The van der Waals surface area contributed by atoms with E-state index in [9.17, 15) is 4.79 Å². The van der Waals surface area contributed by atoms with Crippen molar-refractivity contribution in [3.05, 3.63) is 0 Å². The summed E-state index contributed by atoms with van der Waals surface area (Å²) in [5, 5.41) is 0. The van der Waals surface area contributed by atoms with Crippen molar-refractivity contribution < 1.29 is 4.79 Å². The van der Waals surface area contributed by atoms with E-state index in [-0.39, 0.29) is 11.3 Å². The zero-order valence-corrected chi connectivity index (χ0v) is 10.1. The van der Waals surface area contributed by atoms with Gasteiger partial charge in [0.15, 0.2) is 0 Å². The third-order valence-electron chi connectivity index (χ3n) is 4.05. The largest absolute Gasteiger partial charge is 0.300 e. The first-order valence-corrected chi connectivity index (χ1v) is 5.21. The van der Waals surface area contributed by atoms with E-state index in [2.05, 4.69) is 34.6 Å². The molecule has 0 spiro atoms. The van der Waals surface area contributed by atoms with Gasteiger partial charge in [-0.25, -0.2) is 0 Å². The number of carbonyl (C=O) groups excluding carboxylic acids is 1. The van der Waals surface area contributed by atoms with Gasteiger partial charge in [0.05, 0.1) is 0 Å². The predicted molar refractivity (Wildman–Crippen MR) is 57.6 cm³/mol. The molecular weight excluding hydrogens is 160 g/mol. The lowest BCUT2D eigenvalue weighted by molar-refractivity contribution is -0.123. The fourth-order valence-corrected chi connectivity index (χ4v) is 1.52. The Kier molecular flexibility index (Phi) is 4.15. The second-order valence-corrected chi connectivity index (χ2v) is 5.16. The molecule has 0 N–H and O–H groups in total. The lowest BCUT2D eigenvalue weighted by Crippen LogP contribution is -2.34. The number of ketones is 1. The number of hydrogen-bond donors (Lipinski definition) is 0. The van der Waals surface area contributed by atoms with Crippen molar-refractivity contribution in [3.63, 3.8) is 0 Å². The average molecular weight is 184 g/mol. The Bertz CT molecular complexity index is 180. The van der Waals surface area contributed by atoms with E-state index in [1.807, 2.05) is 6.92 Å². The van der Waals surface area contributed by atoms with Crippen LogP contribution in [0, 0.1) is 23.2 Å². The van der Waals surface area contributed by atoms with Crippen LogP contribution in [0.2, 0.25) is 0 Å². The summed E-state index contributed by atoms with van der Waals surface area (Å²) in [7, 11) is 0. The average Bonchev–Trinajstić information content (AvgIpc) is 2.01. The molecule has 0 aromatic carbocycles. The van der Waals surface area contributed by atoms with Gasteiger partial charge in [0, 0.05) is 5.92 Å². The van der Waals surface area contributed by atoms with Crippen LogP contribution in [-0.2, 0) is 4.79 Å². The highest BCUT2D eigenvalue weighted by Gasteiger charge is 2.34. The molecule has 0 aliphatic heterocycles. The van der Waals surface area contributed by atoms with Gasteiger partial charge in [-0.1, -0.05) is 41.5 Å². The zero-order valence-electron chi connectivity index (χ0n) is 10.1. The Hall–Kier alpha value is -0.330. The first-order valence-electron chi connectivity index (χ1n) is 5.21. The molecule has 0 heterocycles. The third kappa shape index (κ3) is 2.82. The molecule has 1 nitrogen and oxygen atoms in total. The highest BCUT2D eigenvalue weighted by atomic mass is 16.1. The molecule has 0 radical (unpaired) electrons. The molecule has 0 aromatic heterocycles. The number of rotatable bonds is 4. The van der Waals surface area contributed by atoms with E-state index in [1.54, 1.807) is 6.92 Å². The van der Waals surface area contributed by atoms with Crippen molar-refractivity contribution in [3.8, 4) is 0 Å². The molecule has 1 unspecified atom stereocenters. The minimum Gasteiger partial charge on any atom is -0.300 e. The van der Waals surface area contributed by atoms with Crippen molar-refractivity contribution in [1.82, 2.24) is 0 Å². The van der Waals surface area contributed by atoms with Gasteiger partial charge in [0.1, 0.15) is 5.78 Å². The smallest absolute Gasteiger partial charge is 0.132 e. The van der Waals surface area contributed by atoms with Crippen molar-refractivity contribution in [1.29, 1.82) is 0 Å². The summed E-state index contributed by atoms with van der Waals surface area (Å²) in [4.78, 5) is 11.3. The summed E-state index contributed by atoms with van der Waals surface area (Å²) in [5.74, 6) is 1.55. The summed E-state index contributed by atoms with van der Waals surface area (Å²) in [6, 6.07) is 0. The SMILES string of the molecule is CC(=O)[C@@H](C)C(C)C(C)(C)C(C)C. The molecule has 0 bridgehead atoms. The molecule has 13 heavy (non-hydrogen) atoms. The molecule has 1 heteroatoms. The van der Waals surface area contributed by atoms with E-state index in [0.29, 0.717) is 17.6 Å². The summed E-state index contributed by atoms with van der Waals surface area (Å²) < 4.78 is 0. The van der Waals surface area contributed by atoms with E-state index in [0.717, 1.165) is 0 Å². The van der Waals surface area contributed by atoms with Crippen LogP contribution in [0.5, 0.6) is 0 Å². The second-order valence-electron chi connectivity index (χ2n) is 5.16. The fourth-order valence-electron chi connectivity index (χ4n) is 1.52. The predicted octanol–water partition coefficient (Wildman–Crippen LogP) is 3.53. The molecule has 78 valence electrons. The molecule has 0 saturated carbocycles. The monoisotopic (exact) mass is 184 g/mol. The van der Waals surface area contributed by atoms with E-state index >= 15 is 0 Å². The first-order chi connectivity index (χ1) is 5.71. The molecule has 0 aliphatic carbocycles. The van der Waals surface area contributed by atoms with Gasteiger partial charge >= 0.3 is 0 Å². The fraction of sp³-hybridized carbons (Fsp3) is 0.917. The van der Waals surface area contributed by atoms with Crippen LogP contribution in [0.25, 0.3) is 0 Å². The zero-order chi connectivity index (χ0) is 10.8. The molecule has 0 aromatic rings. The van der Waals surface area contributed by atoms with Gasteiger partial charge in [0.2, 0.25) is 0 Å². The highest BCUT2D eigenvalue weighted by molar-refractivity contribution is 5.78. The van der Waals surface area contributed by atoms with E-state index in [4.69, 9.17) is 0 Å². The normalized spacial score (nSPS) is 17.2. The first kappa shape index (κ1) is 12.7. The van der Waals surface area contributed by atoms with Crippen LogP contribution in [0.4, 0.5) is 0 Å². The van der Waals surface area contributed by atoms with Crippen molar-refractivity contribution in [2.45, 2.75) is 48.5 Å². The maximum atomic E-state index is 11.3. The van der Waals surface area contributed by atoms with Gasteiger partial charge in [0.25, 0.3) is 0 Å². The van der Waals surface area contributed by atoms with Crippen LogP contribution >= 0.6 is 0 Å². The Morgan fingerprint density at radius 2 is 1.46 bits per heavy atom. The van der Waals surface area contributed by atoms with Gasteiger partial charge in [-0.2, -0.15) is 0 Å². The molecule has 2 atom stereocenters. The van der Waals surface area contributed by atoms with Gasteiger partial charge in [-0.3, -0.25) is 4.79 Å². The number of carbonyl (C=O) groups is 1. The van der Waals surface area contributed by atoms with Crippen LogP contribution in [0.1, 0.15) is 48.5 Å². The maximum Gasteiger partial charge on any atom is 0.132 e. The van der Waals surface area contributed by atoms with Gasteiger partial charge < -0.3 is 0 Å². The quantitative estimate of drug-likeness (QED) is 0.653. The topological polar surface area (TPSA) is 17.1 Å². The van der Waals surface area contributed by atoms with Crippen molar-refractivity contribution >= 4 is 5.78 Å². The minimum absolute atomic E-state index is 0.178. The molecule has 0 fully saturated rings. The van der Waals surface area contributed by atoms with Crippen LogP contribution in [-0.4, -0.2) is 5.78 Å². The molecular formula is C12H24O. The highest BCUT2D eigenvalue weighted by Crippen LogP contribution is 2.39.